The highest BCUT2D eigenvalue weighted by Gasteiger charge is 2.35. The third-order valence-electron chi connectivity index (χ3n) is 12.2. The number of carbonyl (C=O) groups excluding carboxylic acids is 5. The minimum atomic E-state index is -1.11. The van der Waals surface area contributed by atoms with E-state index in [9.17, 15) is 33.9 Å². The summed E-state index contributed by atoms with van der Waals surface area (Å²) in [4.78, 5) is 75.7. The van der Waals surface area contributed by atoms with Crippen LogP contribution in [0.4, 0.5) is 9.59 Å². The summed E-state index contributed by atoms with van der Waals surface area (Å²) in [6.45, 7) is 2.18. The SMILES string of the molecule is COC(=O)[C@@H]1Cc2cccc(c2)OCCCCCNC(=O)N[C@@H](C2CCCCC2)C(=O)N1.O=C1NCCCCCOc2cccc(c2)C[C@@H](C(=O)O)NC(=O)[C@H](C2CCCCC2)N1. The summed E-state index contributed by atoms with van der Waals surface area (Å²) in [6, 6.07) is 10.8. The Bertz CT molecular complexity index is 1800. The third-order valence-corrected chi connectivity index (χ3v) is 12.2. The van der Waals surface area contributed by atoms with E-state index in [1.807, 2.05) is 48.5 Å². The van der Waals surface area contributed by atoms with Gasteiger partial charge in [0.2, 0.25) is 11.8 Å². The predicted octanol–water partition coefficient (Wildman–Crippen LogP) is 5.31. The molecule has 63 heavy (non-hydrogen) atoms. The first-order chi connectivity index (χ1) is 30.6. The molecule has 0 saturated heterocycles. The number of fused-ring (bicyclic) bond motifs is 4. The number of rotatable bonds is 4. The Balaban J connectivity index is 0.000000238. The van der Waals surface area contributed by atoms with Gasteiger partial charge in [0.15, 0.2) is 0 Å². The molecule has 2 fully saturated rings. The summed E-state index contributed by atoms with van der Waals surface area (Å²) in [5, 5.41) is 26.6. The fourth-order valence-corrected chi connectivity index (χ4v) is 8.76. The molecule has 2 saturated carbocycles. The summed E-state index contributed by atoms with van der Waals surface area (Å²) >= 11 is 0. The molecule has 2 aromatic rings. The molecule has 6 rings (SSSR count). The molecule has 16 heteroatoms. The third kappa shape index (κ3) is 16.6. The summed E-state index contributed by atoms with van der Waals surface area (Å²) in [7, 11) is 1.31. The van der Waals surface area contributed by atoms with Crippen LogP contribution in [0.25, 0.3) is 0 Å². The van der Waals surface area contributed by atoms with Crippen molar-refractivity contribution >= 4 is 35.8 Å². The van der Waals surface area contributed by atoms with E-state index >= 15 is 0 Å². The van der Waals surface area contributed by atoms with Crippen LogP contribution in [0.1, 0.15) is 114 Å². The minimum absolute atomic E-state index is 0.00718. The number of hydrogen-bond acceptors (Lipinski definition) is 9. The van der Waals surface area contributed by atoms with Crippen molar-refractivity contribution < 1.29 is 48.1 Å². The van der Waals surface area contributed by atoms with Crippen LogP contribution in [-0.2, 0) is 36.8 Å². The van der Waals surface area contributed by atoms with Gasteiger partial charge in [0.1, 0.15) is 35.7 Å². The number of aliphatic carboxylic acids is 1. The van der Waals surface area contributed by atoms with E-state index in [2.05, 4.69) is 31.9 Å². The van der Waals surface area contributed by atoms with Crippen molar-refractivity contribution in [2.24, 2.45) is 11.8 Å². The highest BCUT2D eigenvalue weighted by molar-refractivity contribution is 5.91. The molecule has 346 valence electrons. The molecule has 4 bridgehead atoms. The lowest BCUT2D eigenvalue weighted by Crippen LogP contribution is -2.57. The van der Waals surface area contributed by atoms with Gasteiger partial charge in [-0.25, -0.2) is 19.2 Å². The quantitative estimate of drug-likeness (QED) is 0.196. The Hall–Kier alpha value is -5.54. The van der Waals surface area contributed by atoms with Gasteiger partial charge in [-0.05, 0) is 111 Å². The first-order valence-corrected chi connectivity index (χ1v) is 23.0. The van der Waals surface area contributed by atoms with Crippen LogP contribution >= 0.6 is 0 Å². The zero-order valence-corrected chi connectivity index (χ0v) is 36.8. The van der Waals surface area contributed by atoms with E-state index in [0.717, 1.165) is 120 Å². The second-order valence-corrected chi connectivity index (χ2v) is 17.1. The van der Waals surface area contributed by atoms with Gasteiger partial charge in [0.05, 0.1) is 20.3 Å². The first kappa shape index (κ1) is 48.5. The van der Waals surface area contributed by atoms with Crippen LogP contribution in [0.5, 0.6) is 11.5 Å². The van der Waals surface area contributed by atoms with Crippen molar-refractivity contribution in [2.45, 2.75) is 140 Å². The molecule has 0 aromatic heterocycles. The Morgan fingerprint density at radius 2 is 1.00 bits per heavy atom. The molecule has 2 heterocycles. The number of benzene rings is 2. The molecule has 6 amide bonds. The lowest BCUT2D eigenvalue weighted by molar-refractivity contribution is -0.145. The van der Waals surface area contributed by atoms with Crippen molar-refractivity contribution in [3.63, 3.8) is 0 Å². The second-order valence-electron chi connectivity index (χ2n) is 17.1. The van der Waals surface area contributed by atoms with Crippen LogP contribution in [0.2, 0.25) is 0 Å². The Labute approximate surface area is 371 Å². The summed E-state index contributed by atoms with van der Waals surface area (Å²) < 4.78 is 16.6. The second kappa shape index (κ2) is 26.2. The smallest absolute Gasteiger partial charge is 0.328 e. The molecule has 4 aliphatic rings. The maximum atomic E-state index is 13.3. The Morgan fingerprint density at radius 3 is 1.44 bits per heavy atom. The number of esters is 1. The summed E-state index contributed by atoms with van der Waals surface area (Å²) in [5.41, 5.74) is 1.64. The number of urea groups is 2. The number of carbonyl (C=O) groups is 6. The van der Waals surface area contributed by atoms with E-state index in [1.165, 1.54) is 7.11 Å². The van der Waals surface area contributed by atoms with Crippen LogP contribution in [0.3, 0.4) is 0 Å². The number of amides is 6. The molecule has 0 unspecified atom stereocenters. The molecular formula is C47H68N6O10. The molecule has 2 aliphatic carbocycles. The number of carboxylic acid groups (broad SMARTS) is 1. The number of hydrogen-bond donors (Lipinski definition) is 7. The lowest BCUT2D eigenvalue weighted by atomic mass is 9.83. The van der Waals surface area contributed by atoms with Gasteiger partial charge < -0.3 is 51.2 Å². The van der Waals surface area contributed by atoms with E-state index in [-0.39, 0.29) is 42.6 Å². The molecule has 7 N–H and O–H groups in total. The van der Waals surface area contributed by atoms with Crippen LogP contribution < -0.4 is 41.4 Å². The highest BCUT2D eigenvalue weighted by atomic mass is 16.5. The first-order valence-electron chi connectivity index (χ1n) is 23.0. The summed E-state index contributed by atoms with van der Waals surface area (Å²) in [6.07, 6.45) is 15.4. The monoisotopic (exact) mass is 876 g/mol. The van der Waals surface area contributed by atoms with Gasteiger partial charge in [0.25, 0.3) is 0 Å². The minimum Gasteiger partial charge on any atom is -0.494 e. The largest absolute Gasteiger partial charge is 0.494 e. The van der Waals surface area contributed by atoms with Crippen LogP contribution in [0, 0.1) is 11.8 Å². The van der Waals surface area contributed by atoms with E-state index < -0.39 is 42.0 Å². The fourth-order valence-electron chi connectivity index (χ4n) is 8.76. The number of nitrogens with one attached hydrogen (secondary N) is 6. The fraction of sp³-hybridized carbons (Fsp3) is 0.617. The number of carboxylic acids is 1. The van der Waals surface area contributed by atoms with Crippen LogP contribution in [-0.4, -0.2) is 98.5 Å². The number of ether oxygens (including phenoxy) is 3. The predicted molar refractivity (Wildman–Crippen MR) is 236 cm³/mol. The van der Waals surface area contributed by atoms with Crippen molar-refractivity contribution in [2.75, 3.05) is 33.4 Å². The van der Waals surface area contributed by atoms with Crippen LogP contribution in [0.15, 0.2) is 48.5 Å². The Kier molecular flexibility index (Phi) is 20.1. The molecule has 2 aromatic carbocycles. The van der Waals surface area contributed by atoms with Gasteiger partial charge >= 0.3 is 24.0 Å². The van der Waals surface area contributed by atoms with Gasteiger partial charge in [-0.2, -0.15) is 0 Å². The van der Waals surface area contributed by atoms with E-state index in [0.29, 0.717) is 32.1 Å². The lowest BCUT2D eigenvalue weighted by Gasteiger charge is -2.31. The molecule has 0 radical (unpaired) electrons. The zero-order valence-electron chi connectivity index (χ0n) is 36.8. The van der Waals surface area contributed by atoms with Gasteiger partial charge in [0, 0.05) is 25.9 Å². The zero-order chi connectivity index (χ0) is 44.8. The normalized spacial score (nSPS) is 24.4. The topological polar surface area (TPSA) is 223 Å². The highest BCUT2D eigenvalue weighted by Crippen LogP contribution is 2.28. The van der Waals surface area contributed by atoms with Crippen molar-refractivity contribution in [1.82, 2.24) is 31.9 Å². The summed E-state index contributed by atoms with van der Waals surface area (Å²) in [5.74, 6) is -0.937. The standard InChI is InChI=1S/C24H35N3O5.C23H33N3O5/c1-31-23(29)20-16-17-9-8-12-19(15-17)32-14-7-3-6-13-25-24(30)27-21(22(28)26-20)18-10-4-2-5-11-18;27-21-20(17-9-3-1-4-10-17)26-23(30)24-12-5-2-6-13-31-18-11-7-8-16(14-18)15-19(25-21)22(28)29/h8-9,12,15,18,20-21H,2-7,10-11,13-14,16H2,1H3,(H,26,28)(H2,25,27,30);7-8,11,14,17,19-20H,1-6,9-10,12-13,15H2,(H,25,27)(H,28,29)(H2,24,26,30)/t20-,21-;19-,20-/m00/s1. The Morgan fingerprint density at radius 1 is 0.571 bits per heavy atom. The molecule has 0 spiro atoms. The molecule has 4 atom stereocenters. The number of methoxy groups -OCH3 is 1. The maximum Gasteiger partial charge on any atom is 0.328 e. The molecular weight excluding hydrogens is 809 g/mol. The van der Waals surface area contributed by atoms with Crippen molar-refractivity contribution in [3.05, 3.63) is 59.7 Å². The average molecular weight is 877 g/mol. The van der Waals surface area contributed by atoms with Gasteiger partial charge in [-0.3, -0.25) is 9.59 Å². The van der Waals surface area contributed by atoms with E-state index in [4.69, 9.17) is 14.2 Å². The van der Waals surface area contributed by atoms with Crippen molar-refractivity contribution in [1.29, 1.82) is 0 Å². The molecule has 16 nitrogen and oxygen atoms in total. The van der Waals surface area contributed by atoms with E-state index in [1.54, 1.807) is 0 Å². The van der Waals surface area contributed by atoms with Gasteiger partial charge in [-0.15, -0.1) is 0 Å². The van der Waals surface area contributed by atoms with Gasteiger partial charge in [-0.1, -0.05) is 62.8 Å². The average Bonchev–Trinajstić information content (AvgIpc) is 3.29. The van der Waals surface area contributed by atoms with Crippen molar-refractivity contribution in [3.8, 4) is 11.5 Å². The maximum absolute atomic E-state index is 13.3. The molecule has 2 aliphatic heterocycles.